The van der Waals surface area contributed by atoms with Gasteiger partial charge in [-0.1, -0.05) is 35.9 Å². The molecule has 26 heavy (non-hydrogen) atoms. The number of halogens is 2. The number of anilines is 1. The topological polar surface area (TPSA) is 19.4 Å². The maximum atomic E-state index is 14.0. The van der Waals surface area contributed by atoms with Gasteiger partial charge in [0.15, 0.2) is 0 Å². The molecule has 0 bridgehead atoms. The van der Waals surface area contributed by atoms with Crippen LogP contribution in [-0.2, 0) is 6.54 Å². The average Bonchev–Trinajstić information content (AvgIpc) is 2.64. The van der Waals surface area contributed by atoms with Gasteiger partial charge in [0.05, 0.1) is 11.2 Å². The summed E-state index contributed by atoms with van der Waals surface area (Å²) in [6.45, 7) is 6.17. The number of rotatable bonds is 3. The lowest BCUT2D eigenvalue weighted by Crippen LogP contribution is -2.46. The van der Waals surface area contributed by atoms with E-state index in [0.29, 0.717) is 10.8 Å². The first-order valence-electron chi connectivity index (χ1n) is 8.88. The summed E-state index contributed by atoms with van der Waals surface area (Å²) < 4.78 is 14.0. The summed E-state index contributed by atoms with van der Waals surface area (Å²) in [5.41, 5.74) is 3.84. The summed E-state index contributed by atoms with van der Waals surface area (Å²) in [7, 11) is 0. The summed E-state index contributed by atoms with van der Waals surface area (Å²) in [6, 6.07) is 15.3. The molecule has 1 aromatic heterocycles. The van der Waals surface area contributed by atoms with Gasteiger partial charge in [0, 0.05) is 43.7 Å². The smallest absolute Gasteiger partial charge is 0.146 e. The molecular weight excluding hydrogens is 349 g/mol. The highest BCUT2D eigenvalue weighted by atomic mass is 35.5. The molecule has 0 spiro atoms. The molecule has 4 rings (SSSR count). The monoisotopic (exact) mass is 369 g/mol. The highest BCUT2D eigenvalue weighted by Gasteiger charge is 2.20. The second kappa shape index (κ2) is 7.22. The van der Waals surface area contributed by atoms with Crippen LogP contribution in [0.4, 0.5) is 10.1 Å². The van der Waals surface area contributed by atoms with Crippen LogP contribution >= 0.6 is 11.6 Å². The number of para-hydroxylation sites is 1. The molecule has 1 fully saturated rings. The molecule has 0 atom stereocenters. The Bertz CT molecular complexity index is 936. The molecule has 0 unspecified atom stereocenters. The van der Waals surface area contributed by atoms with Gasteiger partial charge >= 0.3 is 0 Å². The van der Waals surface area contributed by atoms with Crippen molar-refractivity contribution >= 4 is 28.2 Å². The van der Waals surface area contributed by atoms with Crippen molar-refractivity contribution < 1.29 is 4.39 Å². The fourth-order valence-corrected chi connectivity index (χ4v) is 3.71. The van der Waals surface area contributed by atoms with Crippen LogP contribution in [0.1, 0.15) is 11.1 Å². The fraction of sp³-hybridized carbons (Fsp3) is 0.286. The molecular formula is C21H21ClFN3. The van der Waals surface area contributed by atoms with Gasteiger partial charge in [-0.25, -0.2) is 9.37 Å². The molecule has 1 saturated heterocycles. The Kier molecular flexibility index (Phi) is 4.79. The zero-order valence-electron chi connectivity index (χ0n) is 14.8. The molecule has 1 aliphatic heterocycles. The first-order chi connectivity index (χ1) is 12.6. The highest BCUT2D eigenvalue weighted by molar-refractivity contribution is 6.30. The number of hydrogen-bond donors (Lipinski definition) is 0. The van der Waals surface area contributed by atoms with Crippen LogP contribution in [0.25, 0.3) is 10.9 Å². The molecule has 0 aliphatic carbocycles. The van der Waals surface area contributed by atoms with Crippen LogP contribution < -0.4 is 4.90 Å². The van der Waals surface area contributed by atoms with Gasteiger partial charge in [-0.15, -0.1) is 0 Å². The van der Waals surface area contributed by atoms with Crippen LogP contribution in [0, 0.1) is 12.7 Å². The van der Waals surface area contributed by atoms with E-state index in [0.717, 1.165) is 49.2 Å². The van der Waals surface area contributed by atoms with Crippen molar-refractivity contribution in [1.29, 1.82) is 0 Å². The fourth-order valence-electron chi connectivity index (χ4n) is 3.50. The molecule has 2 heterocycles. The largest absolute Gasteiger partial charge is 0.367 e. The van der Waals surface area contributed by atoms with E-state index in [1.807, 2.05) is 12.1 Å². The van der Waals surface area contributed by atoms with Crippen molar-refractivity contribution in [3.63, 3.8) is 0 Å². The van der Waals surface area contributed by atoms with E-state index in [2.05, 4.69) is 46.0 Å². The maximum absolute atomic E-state index is 14.0. The lowest BCUT2D eigenvalue weighted by molar-refractivity contribution is 0.249. The number of hydrogen-bond acceptors (Lipinski definition) is 3. The number of fused-ring (bicyclic) bond motifs is 1. The second-order valence-corrected chi connectivity index (χ2v) is 7.21. The molecule has 134 valence electrons. The maximum Gasteiger partial charge on any atom is 0.146 e. The second-order valence-electron chi connectivity index (χ2n) is 6.85. The Labute approximate surface area is 158 Å². The SMILES string of the molecule is Cc1ccc2cc(CN3CCN(c4ccccc4F)CC3)c(Cl)nc2c1. The first-order valence-corrected chi connectivity index (χ1v) is 9.25. The molecule has 0 amide bonds. The minimum absolute atomic E-state index is 0.155. The zero-order valence-corrected chi connectivity index (χ0v) is 15.5. The van der Waals surface area contributed by atoms with Crippen molar-refractivity contribution in [2.75, 3.05) is 31.1 Å². The Balaban J connectivity index is 1.46. The first kappa shape index (κ1) is 17.3. The van der Waals surface area contributed by atoms with Crippen LogP contribution in [0.2, 0.25) is 5.15 Å². The van der Waals surface area contributed by atoms with Crippen molar-refractivity contribution in [3.8, 4) is 0 Å². The molecule has 0 radical (unpaired) electrons. The van der Waals surface area contributed by atoms with Gasteiger partial charge < -0.3 is 4.90 Å². The van der Waals surface area contributed by atoms with Crippen molar-refractivity contribution in [2.24, 2.45) is 0 Å². The van der Waals surface area contributed by atoms with Gasteiger partial charge in [-0.3, -0.25) is 4.90 Å². The van der Waals surface area contributed by atoms with Crippen LogP contribution in [0.3, 0.4) is 0 Å². The van der Waals surface area contributed by atoms with Gasteiger partial charge in [-0.05, 0) is 36.8 Å². The summed E-state index contributed by atoms with van der Waals surface area (Å²) in [6.07, 6.45) is 0. The van der Waals surface area contributed by atoms with E-state index >= 15 is 0 Å². The van der Waals surface area contributed by atoms with Crippen molar-refractivity contribution in [1.82, 2.24) is 9.88 Å². The molecule has 0 saturated carbocycles. The van der Waals surface area contributed by atoms with Gasteiger partial charge in [-0.2, -0.15) is 0 Å². The Hall–Kier alpha value is -2.17. The third-order valence-corrected chi connectivity index (χ3v) is 5.29. The third kappa shape index (κ3) is 3.53. The van der Waals surface area contributed by atoms with E-state index in [-0.39, 0.29) is 5.82 Å². The third-order valence-electron chi connectivity index (χ3n) is 4.96. The zero-order chi connectivity index (χ0) is 18.1. The number of nitrogens with zero attached hydrogens (tertiary/aromatic N) is 3. The van der Waals surface area contributed by atoms with Crippen molar-refractivity contribution in [3.05, 3.63) is 70.6 Å². The van der Waals surface area contributed by atoms with Crippen LogP contribution in [0.15, 0.2) is 48.5 Å². The van der Waals surface area contributed by atoms with E-state index in [9.17, 15) is 4.39 Å². The molecule has 0 N–H and O–H groups in total. The number of benzene rings is 2. The highest BCUT2D eigenvalue weighted by Crippen LogP contribution is 2.24. The average molecular weight is 370 g/mol. The van der Waals surface area contributed by atoms with Gasteiger partial charge in [0.2, 0.25) is 0 Å². The van der Waals surface area contributed by atoms with Crippen molar-refractivity contribution in [2.45, 2.75) is 13.5 Å². The molecule has 3 aromatic rings. The molecule has 3 nitrogen and oxygen atoms in total. The summed E-state index contributed by atoms with van der Waals surface area (Å²) in [4.78, 5) is 9.01. The predicted molar refractivity (Wildman–Crippen MR) is 105 cm³/mol. The Morgan fingerprint density at radius 1 is 1.04 bits per heavy atom. The summed E-state index contributed by atoms with van der Waals surface area (Å²) in [5, 5.41) is 1.68. The summed E-state index contributed by atoms with van der Waals surface area (Å²) in [5.74, 6) is -0.155. The van der Waals surface area contributed by atoms with Gasteiger partial charge in [0.25, 0.3) is 0 Å². The van der Waals surface area contributed by atoms with E-state index in [1.165, 1.54) is 11.6 Å². The van der Waals surface area contributed by atoms with Crippen LogP contribution in [-0.4, -0.2) is 36.1 Å². The molecule has 1 aliphatic rings. The Morgan fingerprint density at radius 3 is 2.58 bits per heavy atom. The number of aromatic nitrogens is 1. The lowest BCUT2D eigenvalue weighted by Gasteiger charge is -2.36. The predicted octanol–water partition coefficient (Wildman–Crippen LogP) is 4.66. The normalized spacial score (nSPS) is 15.6. The summed E-state index contributed by atoms with van der Waals surface area (Å²) >= 11 is 6.42. The van der Waals surface area contributed by atoms with E-state index < -0.39 is 0 Å². The van der Waals surface area contributed by atoms with Crippen LogP contribution in [0.5, 0.6) is 0 Å². The molecule has 5 heteroatoms. The minimum atomic E-state index is -0.155. The van der Waals surface area contributed by atoms with Gasteiger partial charge in [0.1, 0.15) is 11.0 Å². The minimum Gasteiger partial charge on any atom is -0.367 e. The number of pyridine rings is 1. The van der Waals surface area contributed by atoms with E-state index in [1.54, 1.807) is 6.07 Å². The quantitative estimate of drug-likeness (QED) is 0.626. The molecule has 2 aromatic carbocycles. The number of piperazine rings is 1. The standard InChI is InChI=1S/C21H21ClFN3/c1-15-6-7-16-13-17(21(22)24-19(16)12-15)14-25-8-10-26(11-9-25)20-5-3-2-4-18(20)23/h2-7,12-13H,8-11,14H2,1H3. The Morgan fingerprint density at radius 2 is 1.81 bits per heavy atom. The van der Waals surface area contributed by atoms with E-state index in [4.69, 9.17) is 11.6 Å². The lowest BCUT2D eigenvalue weighted by atomic mass is 10.1. The number of aryl methyl sites for hydroxylation is 1.